The summed E-state index contributed by atoms with van der Waals surface area (Å²) in [4.78, 5) is 24.1. The molecule has 154 valence electrons. The summed E-state index contributed by atoms with van der Waals surface area (Å²) in [7, 11) is 3.17. The van der Waals surface area contributed by atoms with Gasteiger partial charge in [-0.05, 0) is 49.2 Å². The topological polar surface area (TPSA) is 89.0 Å². The zero-order chi connectivity index (χ0) is 21.2. The molecule has 29 heavy (non-hydrogen) atoms. The minimum absolute atomic E-state index is 0.102. The van der Waals surface area contributed by atoms with Crippen molar-refractivity contribution in [2.24, 2.45) is 5.10 Å². The number of nitrogens with zero attached hydrogens (tertiary/aromatic N) is 1. The van der Waals surface area contributed by atoms with E-state index in [2.05, 4.69) is 31.8 Å². The number of nitrogens with one attached hydrogen (secondary N) is 2. The van der Waals surface area contributed by atoms with E-state index in [1.165, 1.54) is 0 Å². The molecule has 0 saturated carbocycles. The number of amides is 2. The number of methoxy groups -OCH3 is 2. The highest BCUT2D eigenvalue weighted by Gasteiger charge is 2.08. The minimum Gasteiger partial charge on any atom is -0.493 e. The normalized spacial score (nSPS) is 11.0. The number of hydrogen-bond acceptors (Lipinski definition) is 5. The summed E-state index contributed by atoms with van der Waals surface area (Å²) in [6.07, 6.45) is 0.757. The lowest BCUT2D eigenvalue weighted by Crippen LogP contribution is -2.28. The summed E-state index contributed by atoms with van der Waals surface area (Å²) in [6, 6.07) is 12.6. The van der Waals surface area contributed by atoms with Crippen LogP contribution in [0.4, 0.5) is 0 Å². The lowest BCUT2D eigenvalue weighted by Gasteiger charge is -2.10. The van der Waals surface area contributed by atoms with Crippen LogP contribution in [0.15, 0.2) is 52.0 Å². The number of halogens is 1. The Bertz CT molecular complexity index is 899. The summed E-state index contributed by atoms with van der Waals surface area (Å²) >= 11 is 3.32. The predicted octanol–water partition coefficient (Wildman–Crippen LogP) is 3.32. The van der Waals surface area contributed by atoms with E-state index in [4.69, 9.17) is 9.47 Å². The Hall–Kier alpha value is -2.87. The zero-order valence-electron chi connectivity index (χ0n) is 16.6. The average molecular weight is 462 g/mol. The van der Waals surface area contributed by atoms with Gasteiger partial charge in [0.1, 0.15) is 0 Å². The number of benzene rings is 2. The van der Waals surface area contributed by atoms with E-state index in [1.807, 2.05) is 24.3 Å². The van der Waals surface area contributed by atoms with Gasteiger partial charge in [-0.1, -0.05) is 28.1 Å². The fourth-order valence-electron chi connectivity index (χ4n) is 2.56. The van der Waals surface area contributed by atoms with Crippen LogP contribution in [0.2, 0.25) is 0 Å². The summed E-state index contributed by atoms with van der Waals surface area (Å²) in [5.41, 5.74) is 4.47. The highest BCUT2D eigenvalue weighted by molar-refractivity contribution is 9.10. The van der Waals surface area contributed by atoms with Crippen molar-refractivity contribution in [3.63, 3.8) is 0 Å². The Morgan fingerprint density at radius 3 is 2.52 bits per heavy atom. The van der Waals surface area contributed by atoms with E-state index in [0.29, 0.717) is 35.7 Å². The first kappa shape index (κ1) is 22.4. The van der Waals surface area contributed by atoms with Crippen LogP contribution in [0.5, 0.6) is 11.5 Å². The number of ether oxygens (including phenoxy) is 2. The van der Waals surface area contributed by atoms with Crippen molar-refractivity contribution in [1.82, 2.24) is 10.7 Å². The minimum atomic E-state index is -0.334. The fraction of sp³-hybridized carbons (Fsp3) is 0.286. The first-order valence-corrected chi connectivity index (χ1v) is 9.79. The molecular formula is C21H24BrN3O4. The third-order valence-corrected chi connectivity index (χ3v) is 4.53. The lowest BCUT2D eigenvalue weighted by atomic mass is 10.1. The molecule has 0 heterocycles. The first-order valence-electron chi connectivity index (χ1n) is 8.99. The highest BCUT2D eigenvalue weighted by Crippen LogP contribution is 2.27. The van der Waals surface area contributed by atoms with Gasteiger partial charge in [0.15, 0.2) is 11.5 Å². The standard InChI is InChI=1S/C21H24BrN3O4/c1-14(24-25-21(27)16-5-4-6-17(22)13-16)11-20(26)23-10-9-15-7-8-18(28-2)19(12-15)29-3/h4-8,12-13H,9-11H2,1-3H3,(H,23,26)(H,25,27). The third-order valence-electron chi connectivity index (χ3n) is 4.04. The maximum atomic E-state index is 12.1. The third kappa shape index (κ3) is 7.23. The summed E-state index contributed by atoms with van der Waals surface area (Å²) in [5, 5.41) is 6.83. The van der Waals surface area contributed by atoms with Gasteiger partial charge in [0.25, 0.3) is 5.91 Å². The van der Waals surface area contributed by atoms with Gasteiger partial charge in [-0.15, -0.1) is 0 Å². The van der Waals surface area contributed by atoms with Gasteiger partial charge in [-0.3, -0.25) is 9.59 Å². The molecular weight excluding hydrogens is 438 g/mol. The number of carbonyl (C=O) groups is 2. The van der Waals surface area contributed by atoms with Crippen molar-refractivity contribution in [3.05, 3.63) is 58.1 Å². The Morgan fingerprint density at radius 2 is 1.83 bits per heavy atom. The molecule has 0 radical (unpaired) electrons. The molecule has 0 saturated heterocycles. The monoisotopic (exact) mass is 461 g/mol. The van der Waals surface area contributed by atoms with Crippen molar-refractivity contribution in [2.45, 2.75) is 19.8 Å². The van der Waals surface area contributed by atoms with Gasteiger partial charge in [0.2, 0.25) is 5.91 Å². The van der Waals surface area contributed by atoms with Crippen LogP contribution in [0, 0.1) is 0 Å². The van der Waals surface area contributed by atoms with Crippen molar-refractivity contribution in [1.29, 1.82) is 0 Å². The molecule has 0 bridgehead atoms. The fourth-order valence-corrected chi connectivity index (χ4v) is 2.96. The van der Waals surface area contributed by atoms with Crippen LogP contribution >= 0.6 is 15.9 Å². The number of hydrazone groups is 1. The van der Waals surface area contributed by atoms with Crippen LogP contribution in [-0.4, -0.2) is 38.3 Å². The molecule has 2 rings (SSSR count). The van der Waals surface area contributed by atoms with Gasteiger partial charge in [-0.2, -0.15) is 5.10 Å². The summed E-state index contributed by atoms with van der Waals surface area (Å²) in [5.74, 6) is 0.820. The molecule has 0 unspecified atom stereocenters. The molecule has 0 aliphatic carbocycles. The number of rotatable bonds is 9. The van der Waals surface area contributed by atoms with E-state index in [0.717, 1.165) is 10.0 Å². The van der Waals surface area contributed by atoms with Crippen molar-refractivity contribution in [3.8, 4) is 11.5 Å². The average Bonchev–Trinajstić information content (AvgIpc) is 2.71. The SMILES string of the molecule is COc1ccc(CCNC(=O)CC(C)=NNC(=O)c2cccc(Br)c2)cc1OC. The molecule has 0 atom stereocenters. The van der Waals surface area contributed by atoms with Gasteiger partial charge >= 0.3 is 0 Å². The van der Waals surface area contributed by atoms with Gasteiger partial charge in [0, 0.05) is 22.3 Å². The zero-order valence-corrected chi connectivity index (χ0v) is 18.2. The molecule has 7 nitrogen and oxygen atoms in total. The predicted molar refractivity (Wildman–Crippen MR) is 116 cm³/mol. The van der Waals surface area contributed by atoms with Crippen LogP contribution in [0.3, 0.4) is 0 Å². The molecule has 0 spiro atoms. The largest absolute Gasteiger partial charge is 0.493 e. The quantitative estimate of drug-likeness (QED) is 0.442. The molecule has 2 amide bonds. The van der Waals surface area contributed by atoms with Gasteiger partial charge < -0.3 is 14.8 Å². The van der Waals surface area contributed by atoms with Crippen molar-refractivity contribution in [2.75, 3.05) is 20.8 Å². The molecule has 2 aromatic carbocycles. The van der Waals surface area contributed by atoms with E-state index in [-0.39, 0.29) is 18.2 Å². The maximum Gasteiger partial charge on any atom is 0.271 e. The number of hydrogen-bond donors (Lipinski definition) is 2. The molecule has 0 aliphatic rings. The molecule has 0 aromatic heterocycles. The smallest absolute Gasteiger partial charge is 0.271 e. The second kappa shape index (κ2) is 11.2. The van der Waals surface area contributed by atoms with Crippen LogP contribution < -0.4 is 20.2 Å². The van der Waals surface area contributed by atoms with Crippen molar-refractivity contribution >= 4 is 33.5 Å². The second-order valence-corrected chi connectivity index (χ2v) is 7.18. The molecule has 0 aliphatic heterocycles. The van der Waals surface area contributed by atoms with E-state index in [1.54, 1.807) is 39.3 Å². The van der Waals surface area contributed by atoms with E-state index in [9.17, 15) is 9.59 Å². The van der Waals surface area contributed by atoms with Crippen molar-refractivity contribution < 1.29 is 19.1 Å². The van der Waals surface area contributed by atoms with Gasteiger partial charge in [0.05, 0.1) is 20.6 Å². The van der Waals surface area contributed by atoms with Crippen LogP contribution in [0.1, 0.15) is 29.3 Å². The Kier molecular flexibility index (Phi) is 8.67. The highest BCUT2D eigenvalue weighted by atomic mass is 79.9. The second-order valence-electron chi connectivity index (χ2n) is 6.26. The van der Waals surface area contributed by atoms with Gasteiger partial charge in [-0.25, -0.2) is 5.43 Å². The maximum absolute atomic E-state index is 12.1. The molecule has 8 heteroatoms. The molecule has 0 fully saturated rings. The first-order chi connectivity index (χ1) is 13.9. The van der Waals surface area contributed by atoms with E-state index < -0.39 is 0 Å². The van der Waals surface area contributed by atoms with Crippen LogP contribution in [-0.2, 0) is 11.2 Å². The summed E-state index contributed by atoms with van der Waals surface area (Å²) in [6.45, 7) is 2.17. The Labute approximate surface area is 178 Å². The molecule has 2 N–H and O–H groups in total. The van der Waals surface area contributed by atoms with Crippen LogP contribution in [0.25, 0.3) is 0 Å². The van der Waals surface area contributed by atoms with E-state index >= 15 is 0 Å². The Morgan fingerprint density at radius 1 is 1.07 bits per heavy atom. The lowest BCUT2D eigenvalue weighted by molar-refractivity contribution is -0.119. The summed E-state index contributed by atoms with van der Waals surface area (Å²) < 4.78 is 11.3. The number of carbonyl (C=O) groups excluding carboxylic acids is 2. The molecule has 2 aromatic rings. The Balaban J connectivity index is 1.78.